The van der Waals surface area contributed by atoms with Crippen LogP contribution < -0.4 is 5.32 Å². The number of hydrogen-bond donors (Lipinski definition) is 3. The summed E-state index contributed by atoms with van der Waals surface area (Å²) in [5.74, 6) is -0.755. The van der Waals surface area contributed by atoms with Gasteiger partial charge < -0.3 is 10.4 Å². The largest absolute Gasteiger partial charge is 0.480 e. The van der Waals surface area contributed by atoms with Crippen molar-refractivity contribution >= 4 is 46.1 Å². The normalized spacial score (nSPS) is 22.9. The fourth-order valence-electron chi connectivity index (χ4n) is 1.71. The van der Waals surface area contributed by atoms with Crippen molar-refractivity contribution < 1.29 is 23.1 Å². The summed E-state index contributed by atoms with van der Waals surface area (Å²) in [4.78, 5) is 22.4. The van der Waals surface area contributed by atoms with E-state index in [1.165, 1.54) is 11.8 Å². The van der Waals surface area contributed by atoms with E-state index in [0.29, 0.717) is 12.2 Å². The number of carboxylic acid groups (broad SMARTS) is 1. The maximum absolute atomic E-state index is 11.6. The topological polar surface area (TPSA) is 101 Å². The minimum absolute atomic E-state index is 0.0658. The van der Waals surface area contributed by atoms with E-state index < -0.39 is 21.8 Å². The molecule has 1 rings (SSSR count). The van der Waals surface area contributed by atoms with Gasteiger partial charge in [0.2, 0.25) is 5.91 Å². The molecule has 0 saturated carbocycles. The third kappa shape index (κ3) is 6.05. The highest BCUT2D eigenvalue weighted by Gasteiger charge is 2.29. The van der Waals surface area contributed by atoms with Gasteiger partial charge in [-0.1, -0.05) is 0 Å². The van der Waals surface area contributed by atoms with Crippen LogP contribution in [0.5, 0.6) is 0 Å². The molecule has 1 fully saturated rings. The summed E-state index contributed by atoms with van der Waals surface area (Å²) in [6, 6.07) is -0.932. The van der Waals surface area contributed by atoms with Gasteiger partial charge in [-0.3, -0.25) is 4.79 Å². The first-order valence-corrected chi connectivity index (χ1v) is 9.29. The molecule has 0 aromatic carbocycles. The first-order chi connectivity index (χ1) is 8.84. The van der Waals surface area contributed by atoms with E-state index in [1.807, 2.05) is 0 Å². The molecule has 1 heterocycles. The molecule has 2 atom stereocenters. The van der Waals surface area contributed by atoms with Gasteiger partial charge in [-0.05, 0) is 18.6 Å². The summed E-state index contributed by atoms with van der Waals surface area (Å²) in [6.45, 7) is 0. The Morgan fingerprint density at radius 1 is 1.47 bits per heavy atom. The van der Waals surface area contributed by atoms with E-state index in [1.54, 1.807) is 0 Å². The molecule has 1 amide bonds. The van der Waals surface area contributed by atoms with Crippen LogP contribution in [0.4, 0.5) is 0 Å². The van der Waals surface area contributed by atoms with Crippen LogP contribution >= 0.6 is 24.4 Å². The van der Waals surface area contributed by atoms with Crippen LogP contribution in [0.2, 0.25) is 0 Å². The molecule has 0 spiro atoms. The summed E-state index contributed by atoms with van der Waals surface area (Å²) >= 11 is 5.20. The molecule has 19 heavy (non-hydrogen) atoms. The van der Waals surface area contributed by atoms with Crippen LogP contribution in [0.15, 0.2) is 0 Å². The number of rotatable bonds is 7. The highest BCUT2D eigenvalue weighted by atomic mass is 32.2. The van der Waals surface area contributed by atoms with Crippen molar-refractivity contribution in [1.82, 2.24) is 5.32 Å². The second-order valence-electron chi connectivity index (χ2n) is 4.31. The molecule has 1 aliphatic rings. The van der Waals surface area contributed by atoms with E-state index in [-0.39, 0.29) is 34.8 Å². The standard InChI is InChI=1S/C10H17NO5S3/c12-9(11-8(1-3-17)10(13)14)5-18-7-2-4-19(15,16)6-7/h7-8,17H,1-6H2,(H,11,12)(H,13,14). The number of carbonyl (C=O) groups excluding carboxylic acids is 1. The van der Waals surface area contributed by atoms with Crippen LogP contribution in [0.1, 0.15) is 12.8 Å². The molecule has 110 valence electrons. The number of carbonyl (C=O) groups is 2. The van der Waals surface area contributed by atoms with Gasteiger partial charge in [0.1, 0.15) is 6.04 Å². The lowest BCUT2D eigenvalue weighted by Crippen LogP contribution is -2.42. The van der Waals surface area contributed by atoms with Crippen LogP contribution in [0.25, 0.3) is 0 Å². The van der Waals surface area contributed by atoms with Gasteiger partial charge in [-0.2, -0.15) is 12.6 Å². The second-order valence-corrected chi connectivity index (χ2v) is 8.27. The first kappa shape index (κ1) is 16.6. The van der Waals surface area contributed by atoms with Gasteiger partial charge in [0, 0.05) is 5.25 Å². The number of hydrogen-bond acceptors (Lipinski definition) is 6. The van der Waals surface area contributed by atoms with E-state index in [2.05, 4.69) is 17.9 Å². The SMILES string of the molecule is O=C(CSC1CCS(=O)(=O)C1)NC(CCS)C(=O)O. The van der Waals surface area contributed by atoms with Crippen LogP contribution in [0, 0.1) is 0 Å². The van der Waals surface area contributed by atoms with E-state index in [9.17, 15) is 18.0 Å². The number of aliphatic carboxylic acids is 1. The Morgan fingerprint density at radius 3 is 2.63 bits per heavy atom. The smallest absolute Gasteiger partial charge is 0.326 e. The average molecular weight is 327 g/mol. The number of thioether (sulfide) groups is 1. The number of nitrogens with one attached hydrogen (secondary N) is 1. The Bertz CT molecular complexity index is 436. The van der Waals surface area contributed by atoms with Crippen molar-refractivity contribution in [2.45, 2.75) is 24.1 Å². The molecule has 0 aliphatic carbocycles. The van der Waals surface area contributed by atoms with Crippen molar-refractivity contribution in [1.29, 1.82) is 0 Å². The van der Waals surface area contributed by atoms with Crippen molar-refractivity contribution in [3.05, 3.63) is 0 Å². The van der Waals surface area contributed by atoms with Crippen molar-refractivity contribution in [3.63, 3.8) is 0 Å². The van der Waals surface area contributed by atoms with Gasteiger partial charge in [-0.15, -0.1) is 11.8 Å². The van der Waals surface area contributed by atoms with E-state index in [4.69, 9.17) is 5.11 Å². The maximum atomic E-state index is 11.6. The maximum Gasteiger partial charge on any atom is 0.326 e. The average Bonchev–Trinajstić information content (AvgIpc) is 2.66. The molecule has 0 aromatic heterocycles. The lowest BCUT2D eigenvalue weighted by atomic mass is 10.2. The summed E-state index contributed by atoms with van der Waals surface area (Å²) < 4.78 is 22.5. The van der Waals surface area contributed by atoms with Gasteiger partial charge in [0.25, 0.3) is 0 Å². The Hall–Kier alpha value is -0.410. The van der Waals surface area contributed by atoms with Crippen LogP contribution in [-0.2, 0) is 19.4 Å². The van der Waals surface area contributed by atoms with Gasteiger partial charge in [0.05, 0.1) is 17.3 Å². The number of carboxylic acids is 1. The molecule has 2 N–H and O–H groups in total. The second kappa shape index (κ2) is 7.39. The first-order valence-electron chi connectivity index (χ1n) is 5.79. The molecule has 9 heteroatoms. The molecule has 0 bridgehead atoms. The van der Waals surface area contributed by atoms with Crippen molar-refractivity contribution in [3.8, 4) is 0 Å². The Labute approximate surface area is 122 Å². The molecule has 1 aliphatic heterocycles. The van der Waals surface area contributed by atoms with Crippen molar-refractivity contribution in [2.24, 2.45) is 0 Å². The molecule has 2 unspecified atom stereocenters. The minimum atomic E-state index is -2.95. The number of amides is 1. The Kier molecular flexibility index (Phi) is 6.48. The zero-order chi connectivity index (χ0) is 14.5. The third-order valence-electron chi connectivity index (χ3n) is 2.69. The minimum Gasteiger partial charge on any atom is -0.480 e. The highest BCUT2D eigenvalue weighted by Crippen LogP contribution is 2.23. The Morgan fingerprint density at radius 2 is 2.16 bits per heavy atom. The molecular formula is C10H17NO5S3. The monoisotopic (exact) mass is 327 g/mol. The molecule has 1 saturated heterocycles. The van der Waals surface area contributed by atoms with Gasteiger partial charge >= 0.3 is 5.97 Å². The summed E-state index contributed by atoms with van der Waals surface area (Å²) in [5.41, 5.74) is 0. The predicted octanol–water partition coefficient (Wildman–Crippen LogP) is -0.204. The zero-order valence-electron chi connectivity index (χ0n) is 10.2. The molecular weight excluding hydrogens is 310 g/mol. The third-order valence-corrected chi connectivity index (χ3v) is 6.23. The highest BCUT2D eigenvalue weighted by molar-refractivity contribution is 8.02. The molecule has 0 radical (unpaired) electrons. The van der Waals surface area contributed by atoms with Crippen LogP contribution in [-0.4, -0.2) is 59.7 Å². The van der Waals surface area contributed by atoms with Gasteiger partial charge in [-0.25, -0.2) is 13.2 Å². The summed E-state index contributed by atoms with van der Waals surface area (Å²) in [5, 5.41) is 11.2. The van der Waals surface area contributed by atoms with E-state index >= 15 is 0 Å². The lowest BCUT2D eigenvalue weighted by molar-refractivity contribution is -0.141. The van der Waals surface area contributed by atoms with Gasteiger partial charge in [0.15, 0.2) is 9.84 Å². The van der Waals surface area contributed by atoms with Crippen molar-refractivity contribution in [2.75, 3.05) is 23.0 Å². The summed E-state index contributed by atoms with van der Waals surface area (Å²) in [7, 11) is -2.95. The number of sulfone groups is 1. The summed E-state index contributed by atoms with van der Waals surface area (Å²) in [6.07, 6.45) is 0.811. The fraction of sp³-hybridized carbons (Fsp3) is 0.800. The van der Waals surface area contributed by atoms with Crippen LogP contribution in [0.3, 0.4) is 0 Å². The predicted molar refractivity (Wildman–Crippen MR) is 77.6 cm³/mol. The Balaban J connectivity index is 2.33. The number of thiol groups is 1. The lowest BCUT2D eigenvalue weighted by Gasteiger charge is -2.14. The molecule has 6 nitrogen and oxygen atoms in total. The zero-order valence-corrected chi connectivity index (χ0v) is 12.8. The quantitative estimate of drug-likeness (QED) is 0.560. The molecule has 0 aromatic rings. The fourth-order valence-corrected chi connectivity index (χ4v) is 5.42. The van der Waals surface area contributed by atoms with E-state index in [0.717, 1.165) is 0 Å².